The van der Waals surface area contributed by atoms with Crippen LogP contribution in [0.4, 0.5) is 5.69 Å². The highest BCUT2D eigenvalue weighted by Gasteiger charge is 2.23. The van der Waals surface area contributed by atoms with Crippen LogP contribution in [0.15, 0.2) is 47.4 Å². The second kappa shape index (κ2) is 9.42. The molecule has 0 aliphatic carbocycles. The number of nitrogens with one attached hydrogen (secondary N) is 2. The number of carbonyl (C=O) groups excluding carboxylic acids is 2. The van der Waals surface area contributed by atoms with Gasteiger partial charge in [-0.15, -0.1) is 0 Å². The number of ether oxygens (including phenoxy) is 1. The number of hydrogen-bond acceptors (Lipinski definition) is 5. The normalized spacial score (nSPS) is 10.9. The number of hydrogen-bond donors (Lipinski definition) is 2. The van der Waals surface area contributed by atoms with Crippen LogP contribution < -0.4 is 14.8 Å². The van der Waals surface area contributed by atoms with Gasteiger partial charge in [0.15, 0.2) is 0 Å². The maximum atomic E-state index is 12.9. The molecule has 0 aliphatic heterocycles. The van der Waals surface area contributed by atoms with Gasteiger partial charge in [0, 0.05) is 20.1 Å². The first kappa shape index (κ1) is 22.2. The first-order valence-electron chi connectivity index (χ1n) is 9.10. The third-order valence-corrected chi connectivity index (χ3v) is 5.77. The Balaban J connectivity index is 2.45. The molecule has 2 N–H and O–H groups in total. The Bertz CT molecular complexity index is 1000. The van der Waals surface area contributed by atoms with Crippen molar-refractivity contribution in [3.05, 3.63) is 53.6 Å². The Kier molecular flexibility index (Phi) is 7.22. The highest BCUT2D eigenvalue weighted by Crippen LogP contribution is 2.26. The lowest BCUT2D eigenvalue weighted by Crippen LogP contribution is -2.31. The third-order valence-electron chi connectivity index (χ3n) is 4.41. The minimum absolute atomic E-state index is 0.0883. The number of methoxy groups -OCH3 is 1. The second-order valence-electron chi connectivity index (χ2n) is 6.07. The van der Waals surface area contributed by atoms with E-state index in [1.807, 2.05) is 13.8 Å². The molecule has 2 aromatic carbocycles. The minimum atomic E-state index is -4.05. The van der Waals surface area contributed by atoms with Crippen molar-refractivity contribution in [2.24, 2.45) is 0 Å². The number of para-hydroxylation sites is 1. The molecule has 0 bridgehead atoms. The zero-order chi connectivity index (χ0) is 21.6. The van der Waals surface area contributed by atoms with Crippen molar-refractivity contribution in [3.63, 3.8) is 0 Å². The molecule has 0 radical (unpaired) electrons. The second-order valence-corrected chi connectivity index (χ2v) is 7.75. The van der Waals surface area contributed by atoms with Crippen LogP contribution in [0.1, 0.15) is 34.6 Å². The first-order valence-corrected chi connectivity index (χ1v) is 10.6. The molecule has 2 aromatic rings. The summed E-state index contributed by atoms with van der Waals surface area (Å²) < 4.78 is 33.5. The molecule has 2 amide bonds. The fraction of sp³-hybridized carbons (Fsp3) is 0.300. The molecule has 0 heterocycles. The van der Waals surface area contributed by atoms with E-state index in [0.717, 1.165) is 0 Å². The van der Waals surface area contributed by atoms with E-state index >= 15 is 0 Å². The molecular weight excluding hydrogens is 394 g/mol. The average molecular weight is 420 g/mol. The first-order chi connectivity index (χ1) is 13.8. The lowest BCUT2D eigenvalue weighted by molar-refractivity contribution is 0.0773. The number of sulfonamides is 1. The summed E-state index contributed by atoms with van der Waals surface area (Å²) >= 11 is 0. The van der Waals surface area contributed by atoms with Gasteiger partial charge in [-0.05, 0) is 44.2 Å². The summed E-state index contributed by atoms with van der Waals surface area (Å²) in [5.41, 5.74) is 0.506. The van der Waals surface area contributed by atoms with E-state index < -0.39 is 15.9 Å². The summed E-state index contributed by atoms with van der Waals surface area (Å²) in [7, 11) is -1.22. The molecule has 0 fully saturated rings. The predicted octanol–water partition coefficient (Wildman–Crippen LogP) is 2.34. The molecule has 29 heavy (non-hydrogen) atoms. The third kappa shape index (κ3) is 4.86. The zero-order valence-corrected chi connectivity index (χ0v) is 17.7. The molecular formula is C20H25N3O5S. The van der Waals surface area contributed by atoms with Gasteiger partial charge in [-0.1, -0.05) is 12.1 Å². The summed E-state index contributed by atoms with van der Waals surface area (Å²) in [5, 5.41) is 2.45. The highest BCUT2D eigenvalue weighted by atomic mass is 32.2. The number of benzene rings is 2. The highest BCUT2D eigenvalue weighted by molar-refractivity contribution is 7.92. The van der Waals surface area contributed by atoms with Crippen LogP contribution in [-0.2, 0) is 10.0 Å². The molecule has 2 rings (SSSR count). The monoisotopic (exact) mass is 419 g/mol. The van der Waals surface area contributed by atoms with Gasteiger partial charge in [0.05, 0.1) is 28.8 Å². The Morgan fingerprint density at radius 3 is 2.28 bits per heavy atom. The molecule has 0 unspecified atom stereocenters. The number of rotatable bonds is 8. The van der Waals surface area contributed by atoms with Gasteiger partial charge in [-0.25, -0.2) is 8.42 Å². The van der Waals surface area contributed by atoms with Crippen LogP contribution in [0.2, 0.25) is 0 Å². The van der Waals surface area contributed by atoms with E-state index in [1.165, 1.54) is 38.4 Å². The quantitative estimate of drug-likeness (QED) is 0.683. The molecule has 0 atom stereocenters. The Morgan fingerprint density at radius 2 is 1.69 bits per heavy atom. The maximum Gasteiger partial charge on any atom is 0.261 e. The SMILES string of the molecule is CCN(CC)C(=O)c1ccccc1NS(=O)(=O)c1ccc(OC)c(C(=O)NC)c1. The molecule has 8 nitrogen and oxygen atoms in total. The number of amides is 2. The Labute approximate surface area is 170 Å². The van der Waals surface area contributed by atoms with Crippen molar-refractivity contribution < 1.29 is 22.7 Å². The summed E-state index contributed by atoms with van der Waals surface area (Å²) in [4.78, 5) is 26.3. The van der Waals surface area contributed by atoms with Crippen molar-refractivity contribution in [1.82, 2.24) is 10.2 Å². The number of anilines is 1. The Morgan fingerprint density at radius 1 is 1.03 bits per heavy atom. The van der Waals surface area contributed by atoms with Gasteiger partial charge in [0.25, 0.3) is 21.8 Å². The average Bonchev–Trinajstić information content (AvgIpc) is 2.73. The van der Waals surface area contributed by atoms with Crippen LogP contribution in [0.5, 0.6) is 5.75 Å². The van der Waals surface area contributed by atoms with Gasteiger partial charge >= 0.3 is 0 Å². The van der Waals surface area contributed by atoms with Crippen LogP contribution >= 0.6 is 0 Å². The summed E-state index contributed by atoms with van der Waals surface area (Å²) in [6.07, 6.45) is 0. The predicted molar refractivity (Wildman–Crippen MR) is 111 cm³/mol. The van der Waals surface area contributed by atoms with Crippen molar-refractivity contribution in [2.45, 2.75) is 18.7 Å². The Hall–Kier alpha value is -3.07. The lowest BCUT2D eigenvalue weighted by atomic mass is 10.1. The van der Waals surface area contributed by atoms with Crippen molar-refractivity contribution in [2.75, 3.05) is 32.0 Å². The van der Waals surface area contributed by atoms with Gasteiger partial charge in [0.2, 0.25) is 0 Å². The fourth-order valence-electron chi connectivity index (χ4n) is 2.81. The van der Waals surface area contributed by atoms with Gasteiger partial charge in [0.1, 0.15) is 5.75 Å². The van der Waals surface area contributed by atoms with Crippen molar-refractivity contribution >= 4 is 27.5 Å². The standard InChI is InChI=1S/C20H25N3O5S/c1-5-23(6-2)20(25)15-9-7-8-10-17(15)22-29(26,27)14-11-12-18(28-4)16(13-14)19(24)21-3/h7-13,22H,5-6H2,1-4H3,(H,21,24). The zero-order valence-electron chi connectivity index (χ0n) is 16.9. The maximum absolute atomic E-state index is 12.9. The molecule has 0 saturated heterocycles. The summed E-state index contributed by atoms with van der Waals surface area (Å²) in [5.74, 6) is -0.495. The van der Waals surface area contributed by atoms with E-state index in [0.29, 0.717) is 13.1 Å². The van der Waals surface area contributed by atoms with Crippen LogP contribution in [-0.4, -0.2) is 52.4 Å². The summed E-state index contributed by atoms with van der Waals surface area (Å²) in [6, 6.07) is 10.4. The lowest BCUT2D eigenvalue weighted by Gasteiger charge is -2.21. The molecule has 0 spiro atoms. The number of carbonyl (C=O) groups is 2. The van der Waals surface area contributed by atoms with Crippen LogP contribution in [0, 0.1) is 0 Å². The minimum Gasteiger partial charge on any atom is -0.496 e. The van der Waals surface area contributed by atoms with Gasteiger partial charge in [-0.2, -0.15) is 0 Å². The van der Waals surface area contributed by atoms with Crippen molar-refractivity contribution in [1.29, 1.82) is 0 Å². The summed E-state index contributed by atoms with van der Waals surface area (Å²) in [6.45, 7) is 4.71. The largest absolute Gasteiger partial charge is 0.496 e. The van der Waals surface area contributed by atoms with Gasteiger partial charge in [-0.3, -0.25) is 14.3 Å². The van der Waals surface area contributed by atoms with Crippen LogP contribution in [0.3, 0.4) is 0 Å². The molecule has 0 aliphatic rings. The molecule has 156 valence electrons. The van der Waals surface area contributed by atoms with E-state index in [-0.39, 0.29) is 33.4 Å². The van der Waals surface area contributed by atoms with Crippen molar-refractivity contribution in [3.8, 4) is 5.75 Å². The van der Waals surface area contributed by atoms with Gasteiger partial charge < -0.3 is 15.0 Å². The van der Waals surface area contributed by atoms with E-state index in [1.54, 1.807) is 23.1 Å². The fourth-order valence-corrected chi connectivity index (χ4v) is 3.92. The molecule has 0 aromatic heterocycles. The van der Waals surface area contributed by atoms with E-state index in [2.05, 4.69) is 10.0 Å². The topological polar surface area (TPSA) is 105 Å². The number of nitrogens with zero attached hydrogens (tertiary/aromatic N) is 1. The molecule has 0 saturated carbocycles. The van der Waals surface area contributed by atoms with E-state index in [4.69, 9.17) is 4.74 Å². The smallest absolute Gasteiger partial charge is 0.261 e. The molecule has 9 heteroatoms. The van der Waals surface area contributed by atoms with Crippen LogP contribution in [0.25, 0.3) is 0 Å². The van der Waals surface area contributed by atoms with E-state index in [9.17, 15) is 18.0 Å².